The van der Waals surface area contributed by atoms with Crippen LogP contribution in [0.1, 0.15) is 16.1 Å². The molecule has 1 amide bonds. The molecular formula is C23H21N3O2. The summed E-state index contributed by atoms with van der Waals surface area (Å²) in [4.78, 5) is 16.8. The Kier molecular flexibility index (Phi) is 5.33. The van der Waals surface area contributed by atoms with Gasteiger partial charge in [0.2, 0.25) is 0 Å². The summed E-state index contributed by atoms with van der Waals surface area (Å²) in [6.07, 6.45) is 3.95. The highest BCUT2D eigenvalue weighted by atomic mass is 16.5. The van der Waals surface area contributed by atoms with Crippen molar-refractivity contribution in [2.24, 2.45) is 0 Å². The molecule has 0 bridgehead atoms. The average Bonchev–Trinajstić information content (AvgIpc) is 3.26. The van der Waals surface area contributed by atoms with E-state index in [-0.39, 0.29) is 5.91 Å². The third-order valence-corrected chi connectivity index (χ3v) is 4.48. The largest absolute Gasteiger partial charge is 0.487 e. The van der Waals surface area contributed by atoms with Crippen molar-refractivity contribution < 1.29 is 9.53 Å². The summed E-state index contributed by atoms with van der Waals surface area (Å²) >= 11 is 0. The van der Waals surface area contributed by atoms with Gasteiger partial charge in [0.25, 0.3) is 5.91 Å². The van der Waals surface area contributed by atoms with E-state index >= 15 is 0 Å². The number of fused-ring (bicyclic) bond motifs is 1. The molecule has 0 aliphatic carbocycles. The average molecular weight is 371 g/mol. The highest BCUT2D eigenvalue weighted by Gasteiger charge is 2.06. The molecule has 140 valence electrons. The first-order valence-corrected chi connectivity index (χ1v) is 9.24. The van der Waals surface area contributed by atoms with E-state index < -0.39 is 0 Å². The molecule has 0 spiro atoms. The lowest BCUT2D eigenvalue weighted by atomic mass is 10.2. The first-order valence-electron chi connectivity index (χ1n) is 9.24. The first kappa shape index (κ1) is 17.8. The van der Waals surface area contributed by atoms with Gasteiger partial charge in [-0.2, -0.15) is 0 Å². The summed E-state index contributed by atoms with van der Waals surface area (Å²) in [7, 11) is 0. The van der Waals surface area contributed by atoms with Crippen molar-refractivity contribution in [3.63, 3.8) is 0 Å². The van der Waals surface area contributed by atoms with Gasteiger partial charge in [0.1, 0.15) is 12.4 Å². The van der Waals surface area contributed by atoms with Gasteiger partial charge in [-0.05, 0) is 48.5 Å². The van der Waals surface area contributed by atoms with Crippen molar-refractivity contribution in [3.05, 3.63) is 96.4 Å². The van der Waals surface area contributed by atoms with Crippen LogP contribution in [0.2, 0.25) is 0 Å². The zero-order chi connectivity index (χ0) is 19.2. The Labute approximate surface area is 163 Å². The molecule has 2 aromatic heterocycles. The van der Waals surface area contributed by atoms with E-state index in [0.29, 0.717) is 24.5 Å². The quantitative estimate of drug-likeness (QED) is 0.533. The van der Waals surface area contributed by atoms with Gasteiger partial charge in [0.05, 0.1) is 11.2 Å². The van der Waals surface area contributed by atoms with Crippen LogP contribution >= 0.6 is 0 Å². The van der Waals surface area contributed by atoms with Gasteiger partial charge in [0.15, 0.2) is 0 Å². The van der Waals surface area contributed by atoms with Gasteiger partial charge in [-0.3, -0.25) is 4.79 Å². The molecule has 0 aliphatic heterocycles. The van der Waals surface area contributed by atoms with Crippen LogP contribution in [0.15, 0.2) is 85.2 Å². The topological polar surface area (TPSA) is 56.2 Å². The smallest absolute Gasteiger partial charge is 0.251 e. The number of nitrogens with one attached hydrogen (secondary N) is 1. The lowest BCUT2D eigenvalue weighted by Gasteiger charge is -2.09. The zero-order valence-corrected chi connectivity index (χ0v) is 15.4. The van der Waals surface area contributed by atoms with Crippen molar-refractivity contribution in [1.29, 1.82) is 0 Å². The number of ether oxygens (including phenoxy) is 1. The Balaban J connectivity index is 1.30. The minimum Gasteiger partial charge on any atom is -0.487 e. The second-order valence-corrected chi connectivity index (χ2v) is 6.49. The van der Waals surface area contributed by atoms with Crippen LogP contribution in [0.5, 0.6) is 5.75 Å². The number of carbonyl (C=O) groups is 1. The van der Waals surface area contributed by atoms with Crippen LogP contribution in [0, 0.1) is 0 Å². The van der Waals surface area contributed by atoms with E-state index in [1.165, 1.54) is 0 Å². The molecule has 0 saturated heterocycles. The fraction of sp³-hybridized carbons (Fsp3) is 0.130. The van der Waals surface area contributed by atoms with Crippen molar-refractivity contribution in [2.45, 2.75) is 13.2 Å². The number of hydrogen-bond acceptors (Lipinski definition) is 3. The molecule has 0 radical (unpaired) electrons. The summed E-state index contributed by atoms with van der Waals surface area (Å²) in [5.41, 5.74) is 2.43. The van der Waals surface area contributed by atoms with Gasteiger partial charge in [-0.15, -0.1) is 0 Å². The maximum absolute atomic E-state index is 12.2. The summed E-state index contributed by atoms with van der Waals surface area (Å²) in [5, 5.41) is 4.03. The molecule has 0 saturated carbocycles. The Morgan fingerprint density at radius 2 is 1.71 bits per heavy atom. The van der Waals surface area contributed by atoms with Crippen molar-refractivity contribution in [2.75, 3.05) is 6.54 Å². The Morgan fingerprint density at radius 3 is 2.54 bits per heavy atom. The van der Waals surface area contributed by atoms with Crippen LogP contribution in [-0.4, -0.2) is 22.0 Å². The fourth-order valence-electron chi connectivity index (χ4n) is 2.97. The molecule has 4 rings (SSSR count). The molecule has 1 N–H and O–H groups in total. The van der Waals surface area contributed by atoms with Crippen LogP contribution in [0.4, 0.5) is 0 Å². The lowest BCUT2D eigenvalue weighted by Crippen LogP contribution is -2.26. The molecule has 28 heavy (non-hydrogen) atoms. The van der Waals surface area contributed by atoms with Crippen molar-refractivity contribution in [1.82, 2.24) is 14.9 Å². The van der Waals surface area contributed by atoms with Gasteiger partial charge in [-0.1, -0.05) is 24.3 Å². The maximum atomic E-state index is 12.2. The standard InChI is InChI=1S/C23H21N3O2/c27-23(24-13-16-26-14-3-4-15-26)19-8-11-21(12-9-19)28-17-20-10-7-18-5-1-2-6-22(18)25-20/h1-12,14-15H,13,16-17H2,(H,24,27). The molecule has 5 heteroatoms. The normalized spacial score (nSPS) is 10.7. The second kappa shape index (κ2) is 8.39. The summed E-state index contributed by atoms with van der Waals surface area (Å²) in [6, 6.07) is 23.1. The molecule has 0 unspecified atom stereocenters. The molecule has 5 nitrogen and oxygen atoms in total. The van der Waals surface area contributed by atoms with Crippen molar-refractivity contribution >= 4 is 16.8 Å². The van der Waals surface area contributed by atoms with E-state index in [9.17, 15) is 4.79 Å². The lowest BCUT2D eigenvalue weighted by molar-refractivity contribution is 0.0952. The minimum absolute atomic E-state index is 0.0881. The molecular weight excluding hydrogens is 350 g/mol. The monoisotopic (exact) mass is 371 g/mol. The first-order chi connectivity index (χ1) is 13.8. The predicted molar refractivity (Wildman–Crippen MR) is 109 cm³/mol. The number of benzene rings is 2. The van der Waals surface area contributed by atoms with E-state index in [0.717, 1.165) is 23.1 Å². The Hall–Kier alpha value is -3.60. The highest BCUT2D eigenvalue weighted by Crippen LogP contribution is 2.16. The van der Waals surface area contributed by atoms with Gasteiger partial charge >= 0.3 is 0 Å². The third-order valence-electron chi connectivity index (χ3n) is 4.48. The number of para-hydroxylation sites is 1. The molecule has 0 fully saturated rings. The number of aromatic nitrogens is 2. The van der Waals surface area contributed by atoms with Gasteiger partial charge in [-0.25, -0.2) is 4.98 Å². The van der Waals surface area contributed by atoms with E-state index in [4.69, 9.17) is 4.74 Å². The van der Waals surface area contributed by atoms with Crippen LogP contribution in [0.3, 0.4) is 0 Å². The Morgan fingerprint density at radius 1 is 0.929 bits per heavy atom. The van der Waals surface area contributed by atoms with Crippen molar-refractivity contribution in [3.8, 4) is 5.75 Å². The SMILES string of the molecule is O=C(NCCn1cccc1)c1ccc(OCc2ccc3ccccc3n2)cc1. The minimum atomic E-state index is -0.0881. The number of amides is 1. The van der Waals surface area contributed by atoms with Gasteiger partial charge in [0, 0.05) is 36.4 Å². The van der Waals surface area contributed by atoms with Crippen LogP contribution < -0.4 is 10.1 Å². The van der Waals surface area contributed by atoms with Crippen LogP contribution in [0.25, 0.3) is 10.9 Å². The summed E-state index contributed by atoms with van der Waals surface area (Å²) in [5.74, 6) is 0.619. The molecule has 4 aromatic rings. The van der Waals surface area contributed by atoms with E-state index in [1.807, 2.05) is 77.6 Å². The zero-order valence-electron chi connectivity index (χ0n) is 15.4. The molecule has 0 atom stereocenters. The fourth-order valence-corrected chi connectivity index (χ4v) is 2.97. The summed E-state index contributed by atoms with van der Waals surface area (Å²) in [6.45, 7) is 1.71. The van der Waals surface area contributed by atoms with E-state index in [1.54, 1.807) is 12.1 Å². The van der Waals surface area contributed by atoms with E-state index in [2.05, 4.69) is 10.3 Å². The highest BCUT2D eigenvalue weighted by molar-refractivity contribution is 5.94. The number of hydrogen-bond donors (Lipinski definition) is 1. The maximum Gasteiger partial charge on any atom is 0.251 e. The second-order valence-electron chi connectivity index (χ2n) is 6.49. The predicted octanol–water partition coefficient (Wildman–Crippen LogP) is 4.05. The number of pyridine rings is 1. The van der Waals surface area contributed by atoms with Gasteiger partial charge < -0.3 is 14.6 Å². The molecule has 2 heterocycles. The van der Waals surface area contributed by atoms with Crippen LogP contribution in [-0.2, 0) is 13.2 Å². The Bertz CT molecular complexity index is 1060. The molecule has 0 aliphatic rings. The number of nitrogens with zero attached hydrogens (tertiary/aromatic N) is 2. The summed E-state index contributed by atoms with van der Waals surface area (Å²) < 4.78 is 7.83. The number of carbonyl (C=O) groups excluding carboxylic acids is 1. The third kappa shape index (κ3) is 4.38. The molecule has 2 aromatic carbocycles. The number of rotatable bonds is 7.